The molecule has 0 unspecified atom stereocenters. The molecule has 2 heterocycles. The molecule has 5 nitrogen and oxygen atoms in total. The number of carbonyl (C=O) groups is 1. The van der Waals surface area contributed by atoms with Gasteiger partial charge < -0.3 is 14.0 Å². The van der Waals surface area contributed by atoms with Crippen LogP contribution in [0, 0.1) is 0 Å². The molecule has 0 radical (unpaired) electrons. The van der Waals surface area contributed by atoms with Gasteiger partial charge in [-0.25, -0.2) is 0 Å². The summed E-state index contributed by atoms with van der Waals surface area (Å²) in [5.41, 5.74) is 0.937. The van der Waals surface area contributed by atoms with Gasteiger partial charge in [0, 0.05) is 30.1 Å². The van der Waals surface area contributed by atoms with Crippen molar-refractivity contribution in [2.75, 3.05) is 14.2 Å². The van der Waals surface area contributed by atoms with E-state index in [0.29, 0.717) is 16.3 Å². The van der Waals surface area contributed by atoms with Crippen LogP contribution in [0.5, 0.6) is 11.5 Å². The summed E-state index contributed by atoms with van der Waals surface area (Å²) in [6, 6.07) is 7.67. The van der Waals surface area contributed by atoms with E-state index in [1.165, 1.54) is 17.4 Å². The van der Waals surface area contributed by atoms with Crippen LogP contribution in [0.15, 0.2) is 40.7 Å². The van der Waals surface area contributed by atoms with E-state index >= 15 is 0 Å². The van der Waals surface area contributed by atoms with E-state index in [4.69, 9.17) is 9.47 Å². The zero-order valence-electron chi connectivity index (χ0n) is 13.5. The Hall–Kier alpha value is -2.38. The van der Waals surface area contributed by atoms with Crippen molar-refractivity contribution in [2.24, 2.45) is 12.0 Å². The van der Waals surface area contributed by atoms with E-state index < -0.39 is 0 Å². The molecule has 3 aromatic rings. The molecule has 0 saturated carbocycles. The lowest BCUT2D eigenvalue weighted by molar-refractivity contribution is -0.113. The van der Waals surface area contributed by atoms with Crippen LogP contribution in [-0.2, 0) is 11.8 Å². The fourth-order valence-corrected chi connectivity index (χ4v) is 3.88. The summed E-state index contributed by atoms with van der Waals surface area (Å²) < 4.78 is 13.5. The van der Waals surface area contributed by atoms with Gasteiger partial charge in [0.05, 0.1) is 24.4 Å². The maximum atomic E-state index is 12.1. The van der Waals surface area contributed by atoms with Gasteiger partial charge in [-0.3, -0.25) is 4.79 Å². The topological polar surface area (TPSA) is 52.8 Å². The van der Waals surface area contributed by atoms with Crippen molar-refractivity contribution < 1.29 is 14.3 Å². The minimum Gasteiger partial charge on any atom is -0.493 e. The lowest BCUT2D eigenvalue weighted by Gasteiger charge is -2.07. The number of nitrogens with zero attached hydrogens (tertiary/aromatic N) is 2. The van der Waals surface area contributed by atoms with E-state index in [1.807, 2.05) is 41.3 Å². The number of methoxy groups -OCH3 is 2. The summed E-state index contributed by atoms with van der Waals surface area (Å²) >= 11 is 3.01. The van der Waals surface area contributed by atoms with Gasteiger partial charge in [-0.2, -0.15) is 4.99 Å². The van der Waals surface area contributed by atoms with Crippen molar-refractivity contribution in [3.05, 3.63) is 45.4 Å². The summed E-state index contributed by atoms with van der Waals surface area (Å²) in [5.74, 6) is 1.01. The Labute approximate surface area is 147 Å². The van der Waals surface area contributed by atoms with Crippen LogP contribution in [0.3, 0.4) is 0 Å². The normalized spacial score (nSPS) is 12.2. The van der Waals surface area contributed by atoms with Crippen LogP contribution in [-0.4, -0.2) is 24.7 Å². The molecule has 0 fully saturated rings. The molecule has 0 aliphatic rings. The molecule has 2 aromatic heterocycles. The summed E-state index contributed by atoms with van der Waals surface area (Å²) in [5, 5.41) is 1.97. The largest absolute Gasteiger partial charge is 0.493 e. The lowest BCUT2D eigenvalue weighted by Crippen LogP contribution is -2.12. The van der Waals surface area contributed by atoms with Gasteiger partial charge in [0.2, 0.25) is 0 Å². The number of thiazole rings is 1. The molecule has 0 bridgehead atoms. The Bertz CT molecular complexity index is 966. The number of ether oxygens (including phenoxy) is 2. The van der Waals surface area contributed by atoms with Crippen molar-refractivity contribution in [3.8, 4) is 11.5 Å². The predicted molar refractivity (Wildman–Crippen MR) is 97.8 cm³/mol. The number of fused-ring (bicyclic) bond motifs is 1. The number of amides is 1. The third-order valence-corrected chi connectivity index (χ3v) is 5.39. The number of carbonyl (C=O) groups excluding carboxylic acids is 1. The van der Waals surface area contributed by atoms with E-state index in [1.54, 1.807) is 31.6 Å². The van der Waals surface area contributed by atoms with E-state index in [-0.39, 0.29) is 5.91 Å². The highest BCUT2D eigenvalue weighted by Gasteiger charge is 2.10. The molecule has 0 aliphatic heterocycles. The van der Waals surface area contributed by atoms with E-state index in [9.17, 15) is 4.79 Å². The minimum atomic E-state index is -0.288. The number of aryl methyl sites for hydroxylation is 1. The molecule has 0 aliphatic carbocycles. The highest BCUT2D eigenvalue weighted by molar-refractivity contribution is 7.16. The van der Waals surface area contributed by atoms with E-state index in [0.717, 1.165) is 15.1 Å². The van der Waals surface area contributed by atoms with Crippen molar-refractivity contribution in [1.82, 2.24) is 4.57 Å². The molecule has 0 N–H and O–H groups in total. The Morgan fingerprint density at radius 3 is 2.67 bits per heavy atom. The third kappa shape index (κ3) is 3.27. The Kier molecular flexibility index (Phi) is 4.82. The molecule has 3 rings (SSSR count). The smallest absolute Gasteiger partial charge is 0.272 e. The fraction of sp³-hybridized carbons (Fsp3) is 0.176. The van der Waals surface area contributed by atoms with Gasteiger partial charge in [-0.15, -0.1) is 11.3 Å². The summed E-state index contributed by atoms with van der Waals surface area (Å²) in [4.78, 5) is 17.9. The molecule has 0 spiro atoms. The SMILES string of the molecule is COc1cc2sc(=NC(=O)/C=C/c3cccs3)n(C)c2cc1OC. The van der Waals surface area contributed by atoms with Crippen LogP contribution in [0.2, 0.25) is 0 Å². The molecular formula is C17H16N2O3S2. The van der Waals surface area contributed by atoms with Gasteiger partial charge in [-0.05, 0) is 17.5 Å². The first kappa shape index (κ1) is 16.5. The quantitative estimate of drug-likeness (QED) is 0.670. The number of hydrogen-bond acceptors (Lipinski definition) is 5. The second-order valence-corrected chi connectivity index (χ2v) is 6.91. The van der Waals surface area contributed by atoms with Crippen LogP contribution in [0.4, 0.5) is 0 Å². The third-order valence-electron chi connectivity index (χ3n) is 3.45. The first-order valence-corrected chi connectivity index (χ1v) is 8.84. The van der Waals surface area contributed by atoms with Crippen molar-refractivity contribution in [2.45, 2.75) is 0 Å². The maximum Gasteiger partial charge on any atom is 0.272 e. The summed E-state index contributed by atoms with van der Waals surface area (Å²) in [6.45, 7) is 0. The number of aromatic nitrogens is 1. The molecule has 124 valence electrons. The summed E-state index contributed by atoms with van der Waals surface area (Å²) in [6.07, 6.45) is 3.26. The molecule has 24 heavy (non-hydrogen) atoms. The molecule has 1 amide bonds. The Morgan fingerprint density at radius 2 is 2.00 bits per heavy atom. The molecular weight excluding hydrogens is 344 g/mol. The molecule has 0 saturated heterocycles. The number of rotatable bonds is 4. The zero-order chi connectivity index (χ0) is 17.1. The minimum absolute atomic E-state index is 0.288. The number of benzene rings is 1. The lowest BCUT2D eigenvalue weighted by atomic mass is 10.3. The second kappa shape index (κ2) is 7.02. The highest BCUT2D eigenvalue weighted by atomic mass is 32.1. The van der Waals surface area contributed by atoms with Gasteiger partial charge in [0.15, 0.2) is 16.3 Å². The Morgan fingerprint density at radius 1 is 1.25 bits per heavy atom. The maximum absolute atomic E-state index is 12.1. The average molecular weight is 360 g/mol. The van der Waals surface area contributed by atoms with Crippen molar-refractivity contribution >= 4 is 44.9 Å². The van der Waals surface area contributed by atoms with Gasteiger partial charge in [0.25, 0.3) is 5.91 Å². The monoisotopic (exact) mass is 360 g/mol. The predicted octanol–water partition coefficient (Wildman–Crippen LogP) is 3.46. The van der Waals surface area contributed by atoms with Crippen LogP contribution >= 0.6 is 22.7 Å². The number of hydrogen-bond donors (Lipinski definition) is 0. The van der Waals surface area contributed by atoms with E-state index in [2.05, 4.69) is 4.99 Å². The standard InChI is InChI=1S/C17H16N2O3S2/c1-19-12-9-13(21-2)14(22-3)10-15(12)24-17(19)18-16(20)7-6-11-5-4-8-23-11/h4-10H,1-3H3/b7-6+,18-17?. The molecule has 7 heteroatoms. The number of thiophene rings is 1. The molecule has 0 atom stereocenters. The Balaban J connectivity index is 2.00. The highest BCUT2D eigenvalue weighted by Crippen LogP contribution is 2.32. The average Bonchev–Trinajstić information content (AvgIpc) is 3.21. The van der Waals surface area contributed by atoms with Gasteiger partial charge in [-0.1, -0.05) is 17.4 Å². The zero-order valence-corrected chi connectivity index (χ0v) is 15.1. The van der Waals surface area contributed by atoms with Crippen LogP contribution in [0.25, 0.3) is 16.3 Å². The van der Waals surface area contributed by atoms with Gasteiger partial charge in [0.1, 0.15) is 0 Å². The molecule has 1 aromatic carbocycles. The van der Waals surface area contributed by atoms with Crippen molar-refractivity contribution in [3.63, 3.8) is 0 Å². The second-order valence-electron chi connectivity index (χ2n) is 4.92. The summed E-state index contributed by atoms with van der Waals surface area (Å²) in [7, 11) is 5.07. The van der Waals surface area contributed by atoms with Crippen LogP contribution in [0.1, 0.15) is 4.88 Å². The first-order valence-electron chi connectivity index (χ1n) is 7.14. The fourth-order valence-electron chi connectivity index (χ4n) is 2.23. The van der Waals surface area contributed by atoms with Crippen molar-refractivity contribution in [1.29, 1.82) is 0 Å². The first-order chi connectivity index (χ1) is 11.6. The van der Waals surface area contributed by atoms with Crippen LogP contribution < -0.4 is 14.3 Å². The van der Waals surface area contributed by atoms with Gasteiger partial charge >= 0.3 is 0 Å².